The second-order valence-electron chi connectivity index (χ2n) is 12.0. The molecule has 8 nitrogen and oxygen atoms in total. The molecule has 0 aromatic rings. The quantitative estimate of drug-likeness (QED) is 0.526. The standard InChI is InChI=1S/C27H38N2O6/c1-25-9-6-17(28-35-15-23(31)29-14-18(30)13-22(29)24(32)33)12-16(25)4-5-19-20(25)7-10-26(2)21(19)8-11-27(26,3)34/h6,9,12,18-22,30,34H,4-5,7-8,10-11,13-15H2,1-3H3,(H,32,33)/b28-17-/t18-,19+,20-,21-,22-,25-,26-,27-/m0/s1. The lowest BCUT2D eigenvalue weighted by Gasteiger charge is -2.58. The molecule has 1 amide bonds. The molecule has 0 spiro atoms. The third kappa shape index (κ3) is 3.84. The van der Waals surface area contributed by atoms with Crippen LogP contribution in [-0.4, -0.2) is 68.7 Å². The molecule has 4 fully saturated rings. The predicted octanol–water partition coefficient (Wildman–Crippen LogP) is 2.90. The van der Waals surface area contributed by atoms with Crippen LogP contribution >= 0.6 is 0 Å². The summed E-state index contributed by atoms with van der Waals surface area (Å²) in [5.41, 5.74) is 1.39. The van der Waals surface area contributed by atoms with Crippen LogP contribution in [0.3, 0.4) is 0 Å². The minimum absolute atomic E-state index is 0.00214. The van der Waals surface area contributed by atoms with Gasteiger partial charge in [-0.3, -0.25) is 4.79 Å². The molecule has 4 aliphatic carbocycles. The number of carbonyl (C=O) groups is 2. The third-order valence-corrected chi connectivity index (χ3v) is 10.4. The van der Waals surface area contributed by atoms with Crippen molar-refractivity contribution in [1.29, 1.82) is 0 Å². The Labute approximate surface area is 206 Å². The molecule has 5 aliphatic rings. The SMILES string of the molecule is C[C@]12C=C/C(=N/OCC(=O)N3C[C@@H](O)C[C@H]3C(=O)O)C=C1CC[C@@H]1[C@@H]2CC[C@@]2(C)[C@H]1CC[C@]2(C)O. The number of carbonyl (C=O) groups excluding carboxylic acids is 1. The fraction of sp³-hybridized carbons (Fsp3) is 0.741. The van der Waals surface area contributed by atoms with E-state index >= 15 is 0 Å². The van der Waals surface area contributed by atoms with Crippen molar-refractivity contribution in [1.82, 2.24) is 4.90 Å². The maximum absolute atomic E-state index is 12.5. The summed E-state index contributed by atoms with van der Waals surface area (Å²) in [6.45, 7) is 6.30. The molecule has 5 rings (SSSR count). The van der Waals surface area contributed by atoms with E-state index in [0.29, 0.717) is 23.5 Å². The lowest BCUT2D eigenvalue weighted by Crippen LogP contribution is -2.53. The number of hydrogen-bond acceptors (Lipinski definition) is 6. The van der Waals surface area contributed by atoms with Gasteiger partial charge in [-0.15, -0.1) is 0 Å². The first-order valence-corrected chi connectivity index (χ1v) is 13.0. The number of oxime groups is 1. The lowest BCUT2D eigenvalue weighted by molar-refractivity contribution is -0.150. The molecule has 3 saturated carbocycles. The second kappa shape index (κ2) is 8.44. The number of aliphatic hydroxyl groups is 2. The third-order valence-electron chi connectivity index (χ3n) is 10.4. The Kier molecular flexibility index (Phi) is 5.91. The van der Waals surface area contributed by atoms with Crippen LogP contribution in [0, 0.1) is 28.6 Å². The van der Waals surface area contributed by atoms with Crippen molar-refractivity contribution in [3.63, 3.8) is 0 Å². The molecular weight excluding hydrogens is 448 g/mol. The van der Waals surface area contributed by atoms with Gasteiger partial charge in [-0.2, -0.15) is 0 Å². The van der Waals surface area contributed by atoms with Gasteiger partial charge in [0.2, 0.25) is 0 Å². The molecule has 1 heterocycles. The van der Waals surface area contributed by atoms with Crippen LogP contribution in [0.15, 0.2) is 29.0 Å². The van der Waals surface area contributed by atoms with Gasteiger partial charge in [0.1, 0.15) is 11.8 Å². The second-order valence-corrected chi connectivity index (χ2v) is 12.0. The highest BCUT2D eigenvalue weighted by Crippen LogP contribution is 2.66. The number of allylic oxidation sites excluding steroid dienone is 4. The fourth-order valence-electron chi connectivity index (χ4n) is 8.08. The summed E-state index contributed by atoms with van der Waals surface area (Å²) in [4.78, 5) is 30.3. The van der Waals surface area contributed by atoms with E-state index in [2.05, 4.69) is 31.2 Å². The highest BCUT2D eigenvalue weighted by atomic mass is 16.6. The predicted molar refractivity (Wildman–Crippen MR) is 129 cm³/mol. The Balaban J connectivity index is 1.25. The highest BCUT2D eigenvalue weighted by molar-refractivity contribution is 6.05. The zero-order valence-electron chi connectivity index (χ0n) is 20.9. The van der Waals surface area contributed by atoms with Crippen molar-refractivity contribution in [3.05, 3.63) is 23.8 Å². The number of nitrogens with zero attached hydrogens (tertiary/aromatic N) is 2. The van der Waals surface area contributed by atoms with Crippen LogP contribution in [0.4, 0.5) is 0 Å². The van der Waals surface area contributed by atoms with Crippen LogP contribution in [0.2, 0.25) is 0 Å². The number of hydrogen-bond donors (Lipinski definition) is 3. The average Bonchev–Trinajstić information content (AvgIpc) is 3.31. The topological polar surface area (TPSA) is 120 Å². The number of aliphatic carboxylic acids is 1. The molecule has 0 aromatic heterocycles. The lowest BCUT2D eigenvalue weighted by atomic mass is 9.47. The summed E-state index contributed by atoms with van der Waals surface area (Å²) >= 11 is 0. The Morgan fingerprint density at radius 3 is 2.66 bits per heavy atom. The van der Waals surface area contributed by atoms with Gasteiger partial charge in [-0.05, 0) is 80.8 Å². The molecule has 1 saturated heterocycles. The van der Waals surface area contributed by atoms with E-state index in [1.807, 2.05) is 13.0 Å². The van der Waals surface area contributed by atoms with E-state index in [9.17, 15) is 24.9 Å². The first kappa shape index (κ1) is 24.5. The zero-order valence-corrected chi connectivity index (χ0v) is 20.9. The first-order chi connectivity index (χ1) is 16.5. The first-order valence-electron chi connectivity index (χ1n) is 13.0. The minimum atomic E-state index is -1.12. The van der Waals surface area contributed by atoms with Gasteiger partial charge in [0, 0.05) is 18.4 Å². The summed E-state index contributed by atoms with van der Waals surface area (Å²) < 4.78 is 0. The highest BCUT2D eigenvalue weighted by Gasteiger charge is 2.62. The van der Waals surface area contributed by atoms with Gasteiger partial charge in [0.25, 0.3) is 5.91 Å². The number of carboxylic acid groups (broad SMARTS) is 1. The molecule has 0 unspecified atom stereocenters. The molecule has 0 aromatic carbocycles. The van der Waals surface area contributed by atoms with Crippen molar-refractivity contribution in [2.75, 3.05) is 13.2 Å². The molecule has 8 atom stereocenters. The Hall–Kier alpha value is -2.19. The summed E-state index contributed by atoms with van der Waals surface area (Å²) in [6.07, 6.45) is 11.8. The number of fused-ring (bicyclic) bond motifs is 5. The largest absolute Gasteiger partial charge is 0.480 e. The van der Waals surface area contributed by atoms with Gasteiger partial charge in [0.05, 0.1) is 11.7 Å². The Bertz CT molecular complexity index is 1000. The van der Waals surface area contributed by atoms with Crippen molar-refractivity contribution in [2.45, 2.75) is 83.5 Å². The smallest absolute Gasteiger partial charge is 0.326 e. The van der Waals surface area contributed by atoms with Crippen molar-refractivity contribution in [2.24, 2.45) is 33.7 Å². The van der Waals surface area contributed by atoms with Gasteiger partial charge >= 0.3 is 5.97 Å². The number of carboxylic acids is 1. The van der Waals surface area contributed by atoms with E-state index in [4.69, 9.17) is 4.84 Å². The molecule has 3 N–H and O–H groups in total. The molecule has 35 heavy (non-hydrogen) atoms. The number of β-amino-alcohol motifs (C(OH)–C–C–N with tert-alkyl or cyclic N) is 1. The number of aliphatic hydroxyl groups excluding tert-OH is 1. The average molecular weight is 487 g/mol. The minimum Gasteiger partial charge on any atom is -0.480 e. The molecule has 0 bridgehead atoms. The molecular formula is C27H38N2O6. The summed E-state index contributed by atoms with van der Waals surface area (Å²) in [5, 5.41) is 34.3. The van der Waals surface area contributed by atoms with Gasteiger partial charge < -0.3 is 25.1 Å². The van der Waals surface area contributed by atoms with Crippen molar-refractivity contribution in [3.8, 4) is 0 Å². The normalized spacial score (nSPS) is 45.5. The summed E-state index contributed by atoms with van der Waals surface area (Å²) in [6, 6.07) is -1.03. The van der Waals surface area contributed by atoms with Crippen LogP contribution < -0.4 is 0 Å². The van der Waals surface area contributed by atoms with E-state index < -0.39 is 29.6 Å². The number of likely N-dealkylation sites (tertiary alicyclic amines) is 1. The van der Waals surface area contributed by atoms with E-state index in [-0.39, 0.29) is 30.4 Å². The number of rotatable bonds is 4. The van der Waals surface area contributed by atoms with Crippen LogP contribution in [0.1, 0.15) is 65.7 Å². The van der Waals surface area contributed by atoms with Crippen molar-refractivity contribution >= 4 is 17.6 Å². The van der Waals surface area contributed by atoms with E-state index in [0.717, 1.165) is 43.4 Å². The Morgan fingerprint density at radius 1 is 1.17 bits per heavy atom. The zero-order chi connectivity index (χ0) is 25.2. The maximum atomic E-state index is 12.5. The fourth-order valence-corrected chi connectivity index (χ4v) is 8.08. The van der Waals surface area contributed by atoms with Gasteiger partial charge in [0.15, 0.2) is 6.61 Å². The monoisotopic (exact) mass is 486 g/mol. The van der Waals surface area contributed by atoms with Gasteiger partial charge in [-0.25, -0.2) is 4.79 Å². The molecule has 8 heteroatoms. The van der Waals surface area contributed by atoms with Gasteiger partial charge in [-0.1, -0.05) is 30.7 Å². The molecule has 1 aliphatic heterocycles. The summed E-state index contributed by atoms with van der Waals surface area (Å²) in [5.74, 6) is 0.101. The number of amides is 1. The Morgan fingerprint density at radius 2 is 1.91 bits per heavy atom. The molecule has 192 valence electrons. The van der Waals surface area contributed by atoms with Crippen molar-refractivity contribution < 1.29 is 29.7 Å². The van der Waals surface area contributed by atoms with Crippen LogP contribution in [0.5, 0.6) is 0 Å². The molecule has 0 radical (unpaired) electrons. The summed E-state index contributed by atoms with van der Waals surface area (Å²) in [7, 11) is 0. The van der Waals surface area contributed by atoms with E-state index in [1.54, 1.807) is 0 Å². The van der Waals surface area contributed by atoms with Crippen LogP contribution in [0.25, 0.3) is 0 Å². The van der Waals surface area contributed by atoms with E-state index in [1.165, 1.54) is 5.57 Å². The maximum Gasteiger partial charge on any atom is 0.326 e. The van der Waals surface area contributed by atoms with Crippen LogP contribution in [-0.2, 0) is 14.4 Å².